The quantitative estimate of drug-likeness (QED) is 0.382. The van der Waals surface area contributed by atoms with Crippen molar-refractivity contribution in [1.29, 1.82) is 0 Å². The third-order valence-electron chi connectivity index (χ3n) is 6.79. The number of hydrogen-bond acceptors (Lipinski definition) is 5. The summed E-state index contributed by atoms with van der Waals surface area (Å²) in [5.74, 6) is 1.67. The second-order valence-corrected chi connectivity index (χ2v) is 9.15. The molecule has 1 aliphatic carbocycles. The second kappa shape index (κ2) is 10.1. The Kier molecular flexibility index (Phi) is 6.60. The lowest BCUT2D eigenvalue weighted by atomic mass is 9.79. The summed E-state index contributed by atoms with van der Waals surface area (Å²) in [5.41, 5.74) is 3.96. The number of anilines is 1. The fraction of sp³-hybridized carbons (Fsp3) is 0.370. The van der Waals surface area contributed by atoms with Crippen molar-refractivity contribution in [3.05, 3.63) is 60.8 Å². The third-order valence-corrected chi connectivity index (χ3v) is 6.79. The Morgan fingerprint density at radius 1 is 0.971 bits per heavy atom. The molecule has 1 amide bonds. The van der Waals surface area contributed by atoms with E-state index in [-0.39, 0.29) is 11.8 Å². The molecule has 34 heavy (non-hydrogen) atoms. The maximum atomic E-state index is 12.8. The molecule has 3 aromatic heterocycles. The molecule has 0 aliphatic heterocycles. The van der Waals surface area contributed by atoms with Gasteiger partial charge in [0, 0.05) is 23.4 Å². The Labute approximate surface area is 199 Å². The fourth-order valence-corrected chi connectivity index (χ4v) is 4.77. The molecule has 0 atom stereocenters. The molecule has 1 aromatic carbocycles. The van der Waals surface area contributed by atoms with Gasteiger partial charge in [-0.15, -0.1) is 10.2 Å². The van der Waals surface area contributed by atoms with Gasteiger partial charge in [0.2, 0.25) is 11.7 Å². The summed E-state index contributed by atoms with van der Waals surface area (Å²) in [5, 5.41) is 16.3. The molecule has 1 aliphatic rings. The van der Waals surface area contributed by atoms with Gasteiger partial charge in [-0.3, -0.25) is 9.78 Å². The van der Waals surface area contributed by atoms with E-state index in [4.69, 9.17) is 5.10 Å². The number of benzene rings is 1. The molecule has 1 fully saturated rings. The average Bonchev–Trinajstić information content (AvgIpc) is 3.32. The van der Waals surface area contributed by atoms with E-state index in [0.717, 1.165) is 41.4 Å². The summed E-state index contributed by atoms with van der Waals surface area (Å²) in [6.07, 6.45) is 9.95. The first-order valence-corrected chi connectivity index (χ1v) is 12.3. The highest BCUT2D eigenvalue weighted by molar-refractivity contribution is 5.92. The highest BCUT2D eigenvalue weighted by Crippen LogP contribution is 2.32. The summed E-state index contributed by atoms with van der Waals surface area (Å²) in [4.78, 5) is 17.2. The first-order valence-electron chi connectivity index (χ1n) is 12.3. The molecule has 0 radical (unpaired) electrons. The smallest absolute Gasteiger partial charge is 0.227 e. The number of fused-ring (bicyclic) bond motifs is 1. The van der Waals surface area contributed by atoms with Gasteiger partial charge in [0.15, 0.2) is 5.65 Å². The van der Waals surface area contributed by atoms with Gasteiger partial charge in [0.1, 0.15) is 5.69 Å². The van der Waals surface area contributed by atoms with Crippen molar-refractivity contribution >= 4 is 17.2 Å². The number of hydrogen-bond donors (Lipinski definition) is 1. The van der Waals surface area contributed by atoms with Gasteiger partial charge in [-0.25, -0.2) is 0 Å². The highest BCUT2D eigenvalue weighted by Gasteiger charge is 2.26. The number of carbonyl (C=O) groups excluding carboxylic acids is 1. The Morgan fingerprint density at radius 3 is 2.53 bits per heavy atom. The normalized spacial score (nSPS) is 18.1. The van der Waals surface area contributed by atoms with E-state index in [0.29, 0.717) is 11.5 Å². The number of pyridine rings is 1. The molecule has 7 nitrogen and oxygen atoms in total. The minimum absolute atomic E-state index is 0.125. The van der Waals surface area contributed by atoms with Crippen LogP contribution in [0.25, 0.3) is 28.4 Å². The van der Waals surface area contributed by atoms with Crippen LogP contribution in [0.15, 0.2) is 60.8 Å². The first kappa shape index (κ1) is 22.2. The number of rotatable bonds is 7. The van der Waals surface area contributed by atoms with Crippen LogP contribution >= 0.6 is 0 Å². The summed E-state index contributed by atoms with van der Waals surface area (Å²) in [7, 11) is 0. The van der Waals surface area contributed by atoms with Gasteiger partial charge in [-0.05, 0) is 68.0 Å². The summed E-state index contributed by atoms with van der Waals surface area (Å²) < 4.78 is 1.71. The molecule has 4 aromatic rings. The van der Waals surface area contributed by atoms with Crippen molar-refractivity contribution in [1.82, 2.24) is 24.8 Å². The van der Waals surface area contributed by atoms with Crippen LogP contribution in [0.1, 0.15) is 51.9 Å². The van der Waals surface area contributed by atoms with E-state index < -0.39 is 0 Å². The van der Waals surface area contributed by atoms with Crippen LogP contribution in [0.5, 0.6) is 0 Å². The number of amides is 1. The van der Waals surface area contributed by atoms with E-state index in [9.17, 15) is 4.79 Å². The molecule has 0 unspecified atom stereocenters. The van der Waals surface area contributed by atoms with E-state index in [1.165, 1.54) is 32.1 Å². The SMILES string of the molecule is CCCCC1CCC(C(=O)Nc2ccc(-c3ccc4nnc(-c5ccccn5)n4n3)cc2)CC1. The van der Waals surface area contributed by atoms with Crippen LogP contribution in [-0.2, 0) is 4.79 Å². The Balaban J connectivity index is 1.26. The van der Waals surface area contributed by atoms with E-state index in [1.54, 1.807) is 10.7 Å². The molecule has 1 N–H and O–H groups in total. The van der Waals surface area contributed by atoms with Gasteiger partial charge in [-0.2, -0.15) is 9.61 Å². The fourth-order valence-electron chi connectivity index (χ4n) is 4.77. The van der Waals surface area contributed by atoms with E-state index in [1.807, 2.05) is 54.6 Å². The number of aromatic nitrogens is 5. The zero-order valence-corrected chi connectivity index (χ0v) is 19.5. The van der Waals surface area contributed by atoms with Crippen molar-refractivity contribution < 1.29 is 4.79 Å². The molecule has 0 spiro atoms. The molecule has 0 saturated heterocycles. The van der Waals surface area contributed by atoms with Crippen LogP contribution in [0.2, 0.25) is 0 Å². The Bertz CT molecular complexity index is 1240. The summed E-state index contributed by atoms with van der Waals surface area (Å²) in [6.45, 7) is 2.24. The molecule has 0 bridgehead atoms. The van der Waals surface area contributed by atoms with Crippen LogP contribution in [0, 0.1) is 11.8 Å². The lowest BCUT2D eigenvalue weighted by molar-refractivity contribution is -0.121. The van der Waals surface area contributed by atoms with Gasteiger partial charge in [0.05, 0.1) is 5.69 Å². The van der Waals surface area contributed by atoms with Gasteiger partial charge in [0.25, 0.3) is 0 Å². The predicted octanol–water partition coefficient (Wildman–Crippen LogP) is 5.79. The van der Waals surface area contributed by atoms with Gasteiger partial charge >= 0.3 is 0 Å². The molecule has 7 heteroatoms. The van der Waals surface area contributed by atoms with Crippen LogP contribution < -0.4 is 5.32 Å². The molecular formula is C27H30N6O. The van der Waals surface area contributed by atoms with Gasteiger partial charge in [-0.1, -0.05) is 44.4 Å². The monoisotopic (exact) mass is 454 g/mol. The molecule has 3 heterocycles. The van der Waals surface area contributed by atoms with Crippen molar-refractivity contribution in [2.45, 2.75) is 51.9 Å². The molecule has 174 valence electrons. The highest BCUT2D eigenvalue weighted by atomic mass is 16.1. The first-order chi connectivity index (χ1) is 16.7. The van der Waals surface area contributed by atoms with Crippen LogP contribution in [0.4, 0.5) is 5.69 Å². The number of carbonyl (C=O) groups is 1. The lowest BCUT2D eigenvalue weighted by Crippen LogP contribution is -2.27. The molecule has 5 rings (SSSR count). The minimum Gasteiger partial charge on any atom is -0.326 e. The average molecular weight is 455 g/mol. The zero-order valence-electron chi connectivity index (χ0n) is 19.5. The Morgan fingerprint density at radius 2 is 1.79 bits per heavy atom. The number of nitrogens with one attached hydrogen (secondary N) is 1. The Hall–Kier alpha value is -3.61. The summed E-state index contributed by atoms with van der Waals surface area (Å²) in [6, 6.07) is 17.3. The standard InChI is InChI=1S/C27H30N6O/c1-2-3-6-19-8-10-21(11-9-19)27(34)29-22-14-12-20(13-15-22)23-16-17-25-30-31-26(33(25)32-23)24-7-4-5-18-28-24/h4-5,7,12-19,21H,2-3,6,8-11H2,1H3,(H,29,34). The third kappa shape index (κ3) is 4.83. The number of unbranched alkanes of at least 4 members (excludes halogenated alkanes) is 1. The predicted molar refractivity (Wildman–Crippen MR) is 133 cm³/mol. The van der Waals surface area contributed by atoms with Crippen molar-refractivity contribution in [3.63, 3.8) is 0 Å². The minimum atomic E-state index is 0.125. The largest absolute Gasteiger partial charge is 0.326 e. The van der Waals surface area contributed by atoms with Crippen molar-refractivity contribution in [2.75, 3.05) is 5.32 Å². The second-order valence-electron chi connectivity index (χ2n) is 9.15. The van der Waals surface area contributed by atoms with E-state index in [2.05, 4.69) is 27.4 Å². The molecular weight excluding hydrogens is 424 g/mol. The lowest BCUT2D eigenvalue weighted by Gasteiger charge is -2.27. The maximum absolute atomic E-state index is 12.8. The van der Waals surface area contributed by atoms with Gasteiger partial charge < -0.3 is 5.32 Å². The topological polar surface area (TPSA) is 85.1 Å². The van der Waals surface area contributed by atoms with Crippen LogP contribution in [-0.4, -0.2) is 30.7 Å². The van der Waals surface area contributed by atoms with Crippen molar-refractivity contribution in [3.8, 4) is 22.8 Å². The zero-order chi connectivity index (χ0) is 23.3. The number of nitrogens with zero attached hydrogens (tertiary/aromatic N) is 5. The summed E-state index contributed by atoms with van der Waals surface area (Å²) >= 11 is 0. The molecule has 1 saturated carbocycles. The van der Waals surface area contributed by atoms with Crippen molar-refractivity contribution in [2.24, 2.45) is 11.8 Å². The maximum Gasteiger partial charge on any atom is 0.227 e. The van der Waals surface area contributed by atoms with E-state index >= 15 is 0 Å². The van der Waals surface area contributed by atoms with Crippen LogP contribution in [0.3, 0.4) is 0 Å².